The van der Waals surface area contributed by atoms with Gasteiger partial charge >= 0.3 is 0 Å². The van der Waals surface area contributed by atoms with Gasteiger partial charge in [0.25, 0.3) is 0 Å². The maximum atomic E-state index is 5.48. The molecule has 1 spiro atoms. The molecule has 0 saturated carbocycles. The highest BCUT2D eigenvalue weighted by Gasteiger charge is 2.52. The molecular weight excluding hydrogens is 725 g/mol. The van der Waals surface area contributed by atoms with Gasteiger partial charge in [0, 0.05) is 42.4 Å². The lowest BCUT2D eigenvalue weighted by atomic mass is 9.70. The summed E-state index contributed by atoms with van der Waals surface area (Å²) in [4.78, 5) is 17.3. The predicted molar refractivity (Wildman–Crippen MR) is 241 cm³/mol. The van der Waals surface area contributed by atoms with Crippen molar-refractivity contribution in [3.05, 3.63) is 209 Å². The first kappa shape index (κ1) is 33.0. The van der Waals surface area contributed by atoms with Crippen molar-refractivity contribution in [3.63, 3.8) is 0 Å². The zero-order chi connectivity index (χ0) is 38.5. The average molecular weight is 759 g/mol. The average Bonchev–Trinajstić information content (AvgIpc) is 3.98. The number of thiophene rings is 1. The fraction of sp³-hybridized carbons (Fsp3) is 0.0377. The molecule has 3 aromatic heterocycles. The molecule has 0 atom stereocenters. The molecule has 0 N–H and O–H groups in total. The predicted octanol–water partition coefficient (Wildman–Crippen LogP) is 13.4. The second kappa shape index (κ2) is 12.4. The van der Waals surface area contributed by atoms with Gasteiger partial charge in [-0.1, -0.05) is 170 Å². The van der Waals surface area contributed by atoms with E-state index >= 15 is 0 Å². The van der Waals surface area contributed by atoms with Crippen molar-refractivity contribution in [2.45, 2.75) is 12.3 Å². The number of fused-ring (bicyclic) bond motifs is 15. The molecule has 0 saturated heterocycles. The van der Waals surface area contributed by atoms with Crippen molar-refractivity contribution >= 4 is 49.3 Å². The van der Waals surface area contributed by atoms with E-state index in [0.717, 1.165) is 32.2 Å². The van der Waals surface area contributed by atoms with Gasteiger partial charge in [0.15, 0.2) is 11.6 Å². The highest BCUT2D eigenvalue weighted by molar-refractivity contribution is 7.20. The lowest BCUT2D eigenvalue weighted by molar-refractivity contribution is 0.794. The third kappa shape index (κ3) is 4.36. The third-order valence-electron chi connectivity index (χ3n) is 12.2. The summed E-state index contributed by atoms with van der Waals surface area (Å²) in [5.74, 6) is 1.86. The molecule has 2 aliphatic carbocycles. The largest absolute Gasteiger partial charge is 0.277 e. The van der Waals surface area contributed by atoms with Gasteiger partial charge in [-0.15, -0.1) is 11.3 Å². The Labute approximate surface area is 339 Å². The van der Waals surface area contributed by atoms with Crippen LogP contribution in [0.25, 0.3) is 88.9 Å². The summed E-state index contributed by atoms with van der Waals surface area (Å²) in [5.41, 5.74) is 15.0. The van der Waals surface area contributed by atoms with Gasteiger partial charge in [0.05, 0.1) is 16.4 Å². The minimum absolute atomic E-state index is 0.474. The van der Waals surface area contributed by atoms with E-state index in [1.54, 1.807) is 11.3 Å². The van der Waals surface area contributed by atoms with E-state index in [2.05, 4.69) is 164 Å². The number of aromatic nitrogens is 4. The molecule has 2 aliphatic rings. The molecule has 0 radical (unpaired) electrons. The molecule has 0 bridgehead atoms. The normalized spacial score (nSPS) is 13.4. The van der Waals surface area contributed by atoms with Gasteiger partial charge in [0.2, 0.25) is 5.95 Å². The number of aryl methyl sites for hydroxylation is 1. The topological polar surface area (TPSA) is 43.6 Å². The van der Waals surface area contributed by atoms with Crippen LogP contribution >= 0.6 is 11.3 Å². The summed E-state index contributed by atoms with van der Waals surface area (Å²) < 4.78 is 3.46. The zero-order valence-corrected chi connectivity index (χ0v) is 32.5. The van der Waals surface area contributed by atoms with Crippen LogP contribution in [0.5, 0.6) is 0 Å². The van der Waals surface area contributed by atoms with Crippen LogP contribution in [-0.4, -0.2) is 19.5 Å². The highest BCUT2D eigenvalue weighted by atomic mass is 32.1. The summed E-state index contributed by atoms with van der Waals surface area (Å²) >= 11 is 1.78. The van der Waals surface area contributed by atoms with Crippen molar-refractivity contribution in [2.75, 3.05) is 0 Å². The summed E-state index contributed by atoms with van der Waals surface area (Å²) in [7, 11) is 0. The van der Waals surface area contributed by atoms with Gasteiger partial charge < -0.3 is 0 Å². The van der Waals surface area contributed by atoms with Crippen molar-refractivity contribution < 1.29 is 0 Å². The number of hydrogen-bond acceptors (Lipinski definition) is 4. The molecule has 0 fully saturated rings. The van der Waals surface area contributed by atoms with E-state index in [1.165, 1.54) is 65.7 Å². The zero-order valence-electron chi connectivity index (χ0n) is 31.6. The first-order valence-electron chi connectivity index (χ1n) is 19.7. The van der Waals surface area contributed by atoms with Gasteiger partial charge in [-0.05, 0) is 63.6 Å². The quantitative estimate of drug-likeness (QED) is 0.164. The molecular formula is C53H34N4S. The van der Waals surface area contributed by atoms with Crippen molar-refractivity contribution in [2.24, 2.45) is 0 Å². The fourth-order valence-electron chi connectivity index (χ4n) is 9.94. The Balaban J connectivity index is 1.21. The Morgan fingerprint density at radius 1 is 0.552 bits per heavy atom. The van der Waals surface area contributed by atoms with Gasteiger partial charge in [-0.3, -0.25) is 4.57 Å². The standard InChI is InChI=1S/C53H34N4S/c1-3-4-19-34-32(2)58-49-39(34)24-16-25-41(49)51-54-50(33-17-6-5-7-18-33)55-52(56-51)57-46-29-15-11-22-37(46)38-30-31-45-47(48(38)57)40-23-10-14-28-44(40)53(45)42-26-12-8-20-35(42)36-21-9-13-27-43(36)53/h3-31H,1H2,2H3/b19-4-. The smallest absolute Gasteiger partial charge is 0.238 e. The van der Waals surface area contributed by atoms with E-state index in [-0.39, 0.29) is 0 Å². The SMILES string of the molecule is C=C/C=C\c1c(C)sc2c(-c3nc(-c4ccccc4)nc(-n4c5ccccc5c5ccc6c(c54)-c4ccccc4C64c5ccccc5-c5ccccc54)n3)cccc12. The van der Waals surface area contributed by atoms with E-state index in [0.29, 0.717) is 17.6 Å². The minimum atomic E-state index is -0.474. The number of allylic oxidation sites excluding steroid dienone is 2. The van der Waals surface area contributed by atoms with E-state index in [4.69, 9.17) is 15.0 Å². The van der Waals surface area contributed by atoms with Crippen molar-refractivity contribution in [1.29, 1.82) is 0 Å². The second-order valence-electron chi connectivity index (χ2n) is 15.1. The Morgan fingerprint density at radius 2 is 1.17 bits per heavy atom. The molecule has 7 aromatic carbocycles. The van der Waals surface area contributed by atoms with Crippen molar-refractivity contribution in [3.8, 4) is 51.0 Å². The summed E-state index contributed by atoms with van der Waals surface area (Å²) in [6, 6.07) is 57.1. The lowest BCUT2D eigenvalue weighted by Crippen LogP contribution is -2.25. The first-order valence-corrected chi connectivity index (χ1v) is 20.5. The van der Waals surface area contributed by atoms with Crippen LogP contribution in [0.15, 0.2) is 176 Å². The molecule has 0 unspecified atom stereocenters. The van der Waals surface area contributed by atoms with Gasteiger partial charge in [-0.25, -0.2) is 4.98 Å². The van der Waals surface area contributed by atoms with Crippen LogP contribution in [-0.2, 0) is 5.41 Å². The van der Waals surface area contributed by atoms with Crippen LogP contribution in [0, 0.1) is 6.92 Å². The van der Waals surface area contributed by atoms with E-state index in [1.807, 2.05) is 30.4 Å². The number of hydrogen-bond donors (Lipinski definition) is 0. The van der Waals surface area contributed by atoms with E-state index in [9.17, 15) is 0 Å². The van der Waals surface area contributed by atoms with Crippen LogP contribution in [0.4, 0.5) is 0 Å². The molecule has 4 nitrogen and oxygen atoms in total. The maximum Gasteiger partial charge on any atom is 0.238 e. The second-order valence-corrected chi connectivity index (χ2v) is 16.3. The number of rotatable bonds is 5. The Kier molecular flexibility index (Phi) is 7.05. The van der Waals surface area contributed by atoms with Crippen LogP contribution < -0.4 is 0 Å². The summed E-state index contributed by atoms with van der Waals surface area (Å²) in [5, 5.41) is 3.50. The monoisotopic (exact) mass is 758 g/mol. The minimum Gasteiger partial charge on any atom is -0.277 e. The molecule has 58 heavy (non-hydrogen) atoms. The van der Waals surface area contributed by atoms with E-state index < -0.39 is 5.41 Å². The van der Waals surface area contributed by atoms with Crippen molar-refractivity contribution in [1.82, 2.24) is 19.5 Å². The Hall–Kier alpha value is -7.21. The lowest BCUT2D eigenvalue weighted by Gasteiger charge is -2.30. The number of para-hydroxylation sites is 1. The maximum absolute atomic E-state index is 5.48. The molecule has 3 heterocycles. The van der Waals surface area contributed by atoms with Crippen LogP contribution in [0.3, 0.4) is 0 Å². The molecule has 5 heteroatoms. The van der Waals surface area contributed by atoms with Gasteiger partial charge in [0.1, 0.15) is 0 Å². The highest BCUT2D eigenvalue weighted by Crippen LogP contribution is 2.64. The first-order chi connectivity index (χ1) is 28.7. The third-order valence-corrected chi connectivity index (χ3v) is 13.4. The molecule has 272 valence electrons. The van der Waals surface area contributed by atoms with Gasteiger partial charge in [-0.2, -0.15) is 9.97 Å². The Bertz CT molecular complexity index is 3340. The molecule has 12 rings (SSSR count). The fourth-order valence-corrected chi connectivity index (χ4v) is 11.1. The number of nitrogens with zero attached hydrogens (tertiary/aromatic N) is 4. The molecule has 0 amide bonds. The molecule has 0 aliphatic heterocycles. The summed E-state index contributed by atoms with van der Waals surface area (Å²) in [6.07, 6.45) is 5.97. The van der Waals surface area contributed by atoms with Crippen LogP contribution in [0.2, 0.25) is 0 Å². The van der Waals surface area contributed by atoms with Crippen LogP contribution in [0.1, 0.15) is 32.7 Å². The Morgan fingerprint density at radius 3 is 1.93 bits per heavy atom. The number of benzene rings is 7. The molecule has 10 aromatic rings. The summed E-state index contributed by atoms with van der Waals surface area (Å²) in [6.45, 7) is 6.09.